The van der Waals surface area contributed by atoms with Crippen LogP contribution in [-0.4, -0.2) is 10.8 Å². The quantitative estimate of drug-likeness (QED) is 0.429. The molecule has 1 aliphatic rings. The van der Waals surface area contributed by atoms with Gasteiger partial charge >= 0.3 is 6.18 Å². The largest absolute Gasteiger partial charge is 0.416 e. The van der Waals surface area contributed by atoms with E-state index < -0.39 is 17.5 Å². The second kappa shape index (κ2) is 8.18. The highest BCUT2D eigenvalue weighted by atomic mass is 35.5. The molecule has 0 fully saturated rings. The van der Waals surface area contributed by atoms with Gasteiger partial charge in [-0.15, -0.1) is 0 Å². The van der Waals surface area contributed by atoms with Gasteiger partial charge < -0.3 is 16.4 Å². The minimum absolute atomic E-state index is 0.108. The number of hydrogen-bond donors (Lipinski definition) is 4. The van der Waals surface area contributed by atoms with Crippen LogP contribution in [0.2, 0.25) is 0 Å². The van der Waals surface area contributed by atoms with E-state index in [-0.39, 0.29) is 16.6 Å². The van der Waals surface area contributed by atoms with E-state index in [1.54, 1.807) is 24.4 Å². The summed E-state index contributed by atoms with van der Waals surface area (Å²) in [6.07, 6.45) is -1.41. The lowest BCUT2D eigenvalue weighted by molar-refractivity contribution is -0.137. The molecule has 32 heavy (non-hydrogen) atoms. The summed E-state index contributed by atoms with van der Waals surface area (Å²) in [5, 5.41) is 5.83. The van der Waals surface area contributed by atoms with Gasteiger partial charge in [-0.05, 0) is 42.0 Å². The molecule has 1 atom stereocenters. The van der Waals surface area contributed by atoms with Crippen LogP contribution >= 0.6 is 11.6 Å². The van der Waals surface area contributed by atoms with Crippen LogP contribution in [0.4, 0.5) is 24.5 Å². The van der Waals surface area contributed by atoms with Crippen molar-refractivity contribution in [3.8, 4) is 11.1 Å². The Morgan fingerprint density at radius 3 is 2.38 bits per heavy atom. The van der Waals surface area contributed by atoms with E-state index in [1.807, 2.05) is 18.2 Å². The van der Waals surface area contributed by atoms with Crippen LogP contribution < -0.4 is 22.1 Å². The number of aliphatic imine (C=N–C) groups is 1. The van der Waals surface area contributed by atoms with E-state index in [1.165, 1.54) is 18.3 Å². The number of hydrogen-bond acceptors (Lipinski definition) is 6. The first-order chi connectivity index (χ1) is 15.1. The molecular formula is C22H18ClF3N6. The zero-order chi connectivity index (χ0) is 22.9. The minimum atomic E-state index is -4.47. The van der Waals surface area contributed by atoms with Crippen molar-refractivity contribution in [3.05, 3.63) is 89.4 Å². The Morgan fingerprint density at radius 2 is 1.72 bits per heavy atom. The Labute approximate surface area is 186 Å². The van der Waals surface area contributed by atoms with Gasteiger partial charge in [-0.1, -0.05) is 35.9 Å². The van der Waals surface area contributed by atoms with E-state index in [9.17, 15) is 13.2 Å². The van der Waals surface area contributed by atoms with Crippen LogP contribution in [0.5, 0.6) is 0 Å². The van der Waals surface area contributed by atoms with E-state index in [4.69, 9.17) is 23.1 Å². The maximum atomic E-state index is 13.0. The van der Waals surface area contributed by atoms with Gasteiger partial charge in [-0.3, -0.25) is 10.7 Å². The molecule has 4 rings (SSSR count). The lowest BCUT2D eigenvalue weighted by atomic mass is 10.1. The summed E-state index contributed by atoms with van der Waals surface area (Å²) in [6.45, 7) is 0. The highest BCUT2D eigenvalue weighted by molar-refractivity contribution is 6.45. The number of nitrogens with one attached hydrogen (secondary N) is 2. The van der Waals surface area contributed by atoms with E-state index >= 15 is 0 Å². The monoisotopic (exact) mass is 458 g/mol. The Bertz CT molecular complexity index is 1190. The molecule has 6 N–H and O–H groups in total. The van der Waals surface area contributed by atoms with Gasteiger partial charge in [0.2, 0.25) is 5.79 Å². The number of rotatable bonds is 3. The zero-order valence-electron chi connectivity index (χ0n) is 16.5. The van der Waals surface area contributed by atoms with Gasteiger partial charge in [-0.2, -0.15) is 13.2 Å². The number of aromatic nitrogens is 1. The number of nitrogen functional groups attached to an aromatic ring is 1. The number of pyridine rings is 1. The molecule has 0 spiro atoms. The number of halogens is 4. The number of alkyl halides is 3. The third-order valence-electron chi connectivity index (χ3n) is 4.78. The summed E-state index contributed by atoms with van der Waals surface area (Å²) in [6, 6.07) is 15.6. The van der Waals surface area contributed by atoms with Gasteiger partial charge in [-0.25, -0.2) is 4.99 Å². The summed E-state index contributed by atoms with van der Waals surface area (Å²) in [5.74, 6) is -1.36. The summed E-state index contributed by atoms with van der Waals surface area (Å²) in [5.41, 5.74) is 14.3. The first kappa shape index (κ1) is 21.7. The average molecular weight is 459 g/mol. The number of amidine groups is 1. The van der Waals surface area contributed by atoms with Crippen molar-refractivity contribution in [2.45, 2.75) is 12.0 Å². The van der Waals surface area contributed by atoms with Crippen molar-refractivity contribution >= 4 is 28.8 Å². The SMILES string of the molecule is Nc1ccc(-c2ccc(C3(N)N=C(Nc4cccc(C(F)(F)F)c4)C(Cl)=CN3)nc2)cc1. The summed E-state index contributed by atoms with van der Waals surface area (Å²) in [4.78, 5) is 8.79. The van der Waals surface area contributed by atoms with Crippen LogP contribution in [-0.2, 0) is 12.0 Å². The molecule has 164 valence electrons. The van der Waals surface area contributed by atoms with Gasteiger partial charge in [0, 0.05) is 29.3 Å². The van der Waals surface area contributed by atoms with Crippen LogP contribution in [0, 0.1) is 0 Å². The molecule has 1 aromatic heterocycles. The molecule has 0 saturated heterocycles. The third-order valence-corrected chi connectivity index (χ3v) is 5.07. The van der Waals surface area contributed by atoms with Crippen molar-refractivity contribution in [2.24, 2.45) is 10.7 Å². The molecule has 1 aliphatic heterocycles. The maximum Gasteiger partial charge on any atom is 0.416 e. The van der Waals surface area contributed by atoms with Gasteiger partial charge in [0.05, 0.1) is 10.6 Å². The van der Waals surface area contributed by atoms with E-state index in [0.717, 1.165) is 23.3 Å². The molecule has 0 bridgehead atoms. The lowest BCUT2D eigenvalue weighted by Gasteiger charge is -2.30. The second-order valence-corrected chi connectivity index (χ2v) is 7.53. The fourth-order valence-corrected chi connectivity index (χ4v) is 3.24. The fourth-order valence-electron chi connectivity index (χ4n) is 3.10. The molecular weight excluding hydrogens is 441 g/mol. The fraction of sp³-hybridized carbons (Fsp3) is 0.0909. The molecule has 0 radical (unpaired) electrons. The third kappa shape index (κ3) is 4.53. The Morgan fingerprint density at radius 1 is 1.00 bits per heavy atom. The average Bonchev–Trinajstić information content (AvgIpc) is 2.77. The van der Waals surface area contributed by atoms with Crippen LogP contribution in [0.25, 0.3) is 11.1 Å². The van der Waals surface area contributed by atoms with E-state index in [2.05, 4.69) is 20.6 Å². The maximum absolute atomic E-state index is 13.0. The predicted octanol–water partition coefficient (Wildman–Crippen LogP) is 4.61. The first-order valence-corrected chi connectivity index (χ1v) is 9.81. The van der Waals surface area contributed by atoms with Crippen LogP contribution in [0.1, 0.15) is 11.3 Å². The molecule has 1 unspecified atom stereocenters. The van der Waals surface area contributed by atoms with Crippen molar-refractivity contribution in [1.82, 2.24) is 10.3 Å². The van der Waals surface area contributed by atoms with Crippen molar-refractivity contribution in [1.29, 1.82) is 0 Å². The highest BCUT2D eigenvalue weighted by Gasteiger charge is 2.33. The second-order valence-electron chi connectivity index (χ2n) is 7.12. The Balaban J connectivity index is 1.60. The lowest BCUT2D eigenvalue weighted by Crippen LogP contribution is -2.50. The molecule has 2 heterocycles. The predicted molar refractivity (Wildman–Crippen MR) is 120 cm³/mol. The molecule has 6 nitrogen and oxygen atoms in total. The van der Waals surface area contributed by atoms with E-state index in [0.29, 0.717) is 11.4 Å². The first-order valence-electron chi connectivity index (χ1n) is 9.43. The molecule has 0 aliphatic carbocycles. The Kier molecular flexibility index (Phi) is 5.53. The number of nitrogens with two attached hydrogens (primary N) is 2. The summed E-state index contributed by atoms with van der Waals surface area (Å²) >= 11 is 6.19. The summed E-state index contributed by atoms with van der Waals surface area (Å²) < 4.78 is 39.0. The minimum Gasteiger partial charge on any atom is -0.399 e. The molecule has 3 aromatic rings. The number of benzene rings is 2. The summed E-state index contributed by atoms with van der Waals surface area (Å²) in [7, 11) is 0. The smallest absolute Gasteiger partial charge is 0.399 e. The number of anilines is 2. The molecule has 0 amide bonds. The van der Waals surface area contributed by atoms with Crippen LogP contribution in [0.3, 0.4) is 0 Å². The van der Waals surface area contributed by atoms with Crippen molar-refractivity contribution in [2.75, 3.05) is 11.1 Å². The molecule has 2 aromatic carbocycles. The Hall–Kier alpha value is -3.56. The normalized spacial score (nSPS) is 18.4. The van der Waals surface area contributed by atoms with Gasteiger partial charge in [0.1, 0.15) is 11.5 Å². The van der Waals surface area contributed by atoms with Crippen LogP contribution in [0.15, 0.2) is 83.1 Å². The number of nitrogens with zero attached hydrogens (tertiary/aromatic N) is 2. The zero-order valence-corrected chi connectivity index (χ0v) is 17.2. The topological polar surface area (TPSA) is 101 Å². The standard InChI is InChI=1S/C22H18ClF3N6/c23-18-12-30-22(28,19-9-6-14(11-29-19)13-4-7-16(27)8-5-13)32-20(18)31-17-3-1-2-15(10-17)21(24,25)26/h1-12,30H,27-28H2,(H,31,32). The van der Waals surface area contributed by atoms with Crippen molar-refractivity contribution < 1.29 is 13.2 Å². The molecule has 0 saturated carbocycles. The highest BCUT2D eigenvalue weighted by Crippen LogP contribution is 2.31. The van der Waals surface area contributed by atoms with Gasteiger partial charge in [0.15, 0.2) is 0 Å². The molecule has 10 heteroatoms. The van der Waals surface area contributed by atoms with Crippen molar-refractivity contribution in [3.63, 3.8) is 0 Å². The van der Waals surface area contributed by atoms with Gasteiger partial charge in [0.25, 0.3) is 0 Å².